The molecule has 0 spiro atoms. The fraction of sp³-hybridized carbons (Fsp3) is 0.333. The number of ether oxygens (including phenoxy) is 2. The monoisotopic (exact) mass is 427 g/mol. The van der Waals surface area contributed by atoms with Crippen molar-refractivity contribution in [2.75, 3.05) is 6.61 Å². The number of imidazole rings is 1. The third-order valence-corrected chi connectivity index (χ3v) is 4.65. The van der Waals surface area contributed by atoms with E-state index in [1.165, 1.54) is 0 Å². The van der Waals surface area contributed by atoms with Crippen molar-refractivity contribution < 1.29 is 14.3 Å². The Morgan fingerprint density at radius 3 is 2.83 bits per heavy atom. The van der Waals surface area contributed by atoms with E-state index in [1.54, 1.807) is 42.0 Å². The number of carbonyl (C=O) groups excluding carboxylic acids is 1. The molecule has 156 valence electrons. The van der Waals surface area contributed by atoms with Crippen LogP contribution in [0.5, 0.6) is 5.75 Å². The summed E-state index contributed by atoms with van der Waals surface area (Å²) in [6, 6.07) is 9.05. The number of halogens is 1. The van der Waals surface area contributed by atoms with Crippen LogP contribution in [-0.2, 0) is 4.74 Å². The Kier molecular flexibility index (Phi) is 6.13. The number of nitriles is 1. The van der Waals surface area contributed by atoms with E-state index in [0.29, 0.717) is 28.5 Å². The van der Waals surface area contributed by atoms with Crippen molar-refractivity contribution in [2.45, 2.75) is 32.8 Å². The zero-order valence-electron chi connectivity index (χ0n) is 16.9. The summed E-state index contributed by atoms with van der Waals surface area (Å²) in [4.78, 5) is 15.6. The van der Waals surface area contributed by atoms with E-state index >= 15 is 0 Å². The lowest BCUT2D eigenvalue weighted by atomic mass is 9.95. The van der Waals surface area contributed by atoms with Crippen molar-refractivity contribution >= 4 is 23.3 Å². The minimum atomic E-state index is -0.911. The molecule has 0 saturated heterocycles. The maximum absolute atomic E-state index is 11.3. The minimum Gasteiger partial charge on any atom is -0.488 e. The Labute approximate surface area is 179 Å². The first kappa shape index (κ1) is 21.4. The number of amides is 1. The van der Waals surface area contributed by atoms with Gasteiger partial charge in [0.2, 0.25) is 0 Å². The number of nitrogens with two attached hydrogens (primary N) is 1. The van der Waals surface area contributed by atoms with Gasteiger partial charge in [-0.15, -0.1) is 0 Å². The van der Waals surface area contributed by atoms with E-state index in [1.807, 2.05) is 19.9 Å². The summed E-state index contributed by atoms with van der Waals surface area (Å²) in [7, 11) is 0. The van der Waals surface area contributed by atoms with Crippen molar-refractivity contribution in [1.82, 2.24) is 14.6 Å². The quantitative estimate of drug-likeness (QED) is 0.604. The van der Waals surface area contributed by atoms with Gasteiger partial charge in [0.15, 0.2) is 10.8 Å². The number of nitrogens with zero attached hydrogens (tertiary/aromatic N) is 4. The molecule has 1 aromatic carbocycles. The lowest BCUT2D eigenvalue weighted by Gasteiger charge is -2.30. The Morgan fingerprint density at radius 1 is 1.40 bits per heavy atom. The standard InChI is InChI=1S/C21H22ClN5O3/c1-13(2)10-21(3,30-20(24)28)12-29-17-5-4-14(8-15(17)11-23)16-9-18(22)26-27-7-6-25-19(16)27/h4-9,13H,10,12H2,1-3H3,(H2,24,28). The molecule has 8 nitrogen and oxygen atoms in total. The molecule has 2 N–H and O–H groups in total. The molecule has 3 aromatic rings. The number of primary amides is 1. The minimum absolute atomic E-state index is 0.0632. The fourth-order valence-corrected chi connectivity index (χ4v) is 3.67. The molecule has 0 fully saturated rings. The van der Waals surface area contributed by atoms with Crippen LogP contribution in [0.3, 0.4) is 0 Å². The number of carbonyl (C=O) groups is 1. The van der Waals surface area contributed by atoms with Crippen molar-refractivity contribution in [3.8, 4) is 22.9 Å². The van der Waals surface area contributed by atoms with E-state index in [-0.39, 0.29) is 12.5 Å². The highest BCUT2D eigenvalue weighted by atomic mass is 35.5. The molecular formula is C21H22ClN5O3. The summed E-state index contributed by atoms with van der Waals surface area (Å²) >= 11 is 6.12. The molecule has 2 heterocycles. The predicted octanol–water partition coefficient (Wildman–Crippen LogP) is 4.20. The average molecular weight is 428 g/mol. The van der Waals surface area contributed by atoms with Gasteiger partial charge in [-0.25, -0.2) is 14.3 Å². The summed E-state index contributed by atoms with van der Waals surface area (Å²) in [5.74, 6) is 0.632. The SMILES string of the molecule is CC(C)CC(C)(COc1ccc(-c2cc(Cl)nn3ccnc23)cc1C#N)OC(N)=O. The van der Waals surface area contributed by atoms with Gasteiger partial charge in [0.1, 0.15) is 24.0 Å². The molecule has 1 atom stereocenters. The van der Waals surface area contributed by atoms with Gasteiger partial charge in [0, 0.05) is 18.0 Å². The second kappa shape index (κ2) is 8.59. The first-order chi connectivity index (χ1) is 14.2. The molecule has 0 saturated carbocycles. The van der Waals surface area contributed by atoms with Gasteiger partial charge in [0.25, 0.3) is 0 Å². The summed E-state index contributed by atoms with van der Waals surface area (Å²) in [5, 5.41) is 14.1. The largest absolute Gasteiger partial charge is 0.488 e. The zero-order valence-corrected chi connectivity index (χ0v) is 17.7. The van der Waals surface area contributed by atoms with Crippen LogP contribution >= 0.6 is 11.6 Å². The molecule has 0 aliphatic carbocycles. The second-order valence-electron chi connectivity index (χ2n) is 7.66. The van der Waals surface area contributed by atoms with Crippen LogP contribution in [0.2, 0.25) is 5.15 Å². The summed E-state index contributed by atoms with van der Waals surface area (Å²) in [6.45, 7) is 5.84. The van der Waals surface area contributed by atoms with Crippen LogP contribution in [0.4, 0.5) is 4.79 Å². The smallest absolute Gasteiger partial charge is 0.405 e. The molecule has 2 aromatic heterocycles. The van der Waals surface area contributed by atoms with Gasteiger partial charge in [-0.2, -0.15) is 10.4 Å². The van der Waals surface area contributed by atoms with Gasteiger partial charge < -0.3 is 15.2 Å². The van der Waals surface area contributed by atoms with Gasteiger partial charge in [-0.1, -0.05) is 31.5 Å². The predicted molar refractivity (Wildman–Crippen MR) is 112 cm³/mol. The van der Waals surface area contributed by atoms with Crippen LogP contribution in [0.1, 0.15) is 32.8 Å². The lowest BCUT2D eigenvalue weighted by molar-refractivity contribution is -0.0186. The third-order valence-electron chi connectivity index (χ3n) is 4.46. The Morgan fingerprint density at radius 2 is 2.17 bits per heavy atom. The number of aromatic nitrogens is 3. The second-order valence-corrected chi connectivity index (χ2v) is 8.04. The summed E-state index contributed by atoms with van der Waals surface area (Å²) < 4.78 is 12.7. The van der Waals surface area contributed by atoms with Crippen LogP contribution < -0.4 is 10.5 Å². The van der Waals surface area contributed by atoms with Crippen LogP contribution in [-0.4, -0.2) is 32.9 Å². The Balaban J connectivity index is 1.90. The summed E-state index contributed by atoms with van der Waals surface area (Å²) in [5.41, 5.74) is 6.75. The van der Waals surface area contributed by atoms with Crippen LogP contribution in [0, 0.1) is 17.2 Å². The van der Waals surface area contributed by atoms with Gasteiger partial charge in [-0.05, 0) is 43.0 Å². The normalized spacial score (nSPS) is 13.1. The highest BCUT2D eigenvalue weighted by Crippen LogP contribution is 2.31. The molecule has 0 aliphatic rings. The molecule has 3 rings (SSSR count). The maximum atomic E-state index is 11.3. The number of fused-ring (bicyclic) bond motifs is 1. The van der Waals surface area contributed by atoms with Gasteiger partial charge >= 0.3 is 6.09 Å². The van der Waals surface area contributed by atoms with Crippen molar-refractivity contribution in [2.24, 2.45) is 11.7 Å². The van der Waals surface area contributed by atoms with Crippen molar-refractivity contribution in [3.05, 3.63) is 47.4 Å². The van der Waals surface area contributed by atoms with Gasteiger partial charge in [0.05, 0.1) is 5.56 Å². The first-order valence-corrected chi connectivity index (χ1v) is 9.74. The summed E-state index contributed by atoms with van der Waals surface area (Å²) in [6.07, 6.45) is 3.01. The van der Waals surface area contributed by atoms with Gasteiger partial charge in [-0.3, -0.25) is 0 Å². The highest BCUT2D eigenvalue weighted by Gasteiger charge is 2.31. The molecule has 0 aliphatic heterocycles. The Hall–Kier alpha value is -3.31. The molecule has 1 amide bonds. The third kappa shape index (κ3) is 4.81. The van der Waals surface area contributed by atoms with E-state index in [9.17, 15) is 10.1 Å². The van der Waals surface area contributed by atoms with Crippen molar-refractivity contribution in [3.63, 3.8) is 0 Å². The van der Waals surface area contributed by atoms with Crippen molar-refractivity contribution in [1.29, 1.82) is 5.26 Å². The number of hydrogen-bond acceptors (Lipinski definition) is 6. The maximum Gasteiger partial charge on any atom is 0.405 e. The van der Waals surface area contributed by atoms with E-state index in [4.69, 9.17) is 26.8 Å². The van der Waals surface area contributed by atoms with E-state index in [2.05, 4.69) is 16.2 Å². The van der Waals surface area contributed by atoms with E-state index in [0.717, 1.165) is 11.1 Å². The molecule has 30 heavy (non-hydrogen) atoms. The number of benzene rings is 1. The number of rotatable bonds is 7. The molecule has 9 heteroatoms. The molecule has 1 unspecified atom stereocenters. The topological polar surface area (TPSA) is 116 Å². The molecular weight excluding hydrogens is 406 g/mol. The highest BCUT2D eigenvalue weighted by molar-refractivity contribution is 6.29. The average Bonchev–Trinajstić information content (AvgIpc) is 3.12. The van der Waals surface area contributed by atoms with Crippen LogP contribution in [0.15, 0.2) is 36.7 Å². The Bertz CT molecular complexity index is 1120. The first-order valence-electron chi connectivity index (χ1n) is 9.36. The fourth-order valence-electron chi connectivity index (χ4n) is 3.48. The number of hydrogen-bond donors (Lipinski definition) is 1. The zero-order chi connectivity index (χ0) is 21.9. The lowest BCUT2D eigenvalue weighted by Crippen LogP contribution is -2.41. The van der Waals surface area contributed by atoms with E-state index < -0.39 is 11.7 Å². The molecule has 0 radical (unpaired) electrons. The van der Waals surface area contributed by atoms with Crippen LogP contribution in [0.25, 0.3) is 16.8 Å². The molecule has 0 bridgehead atoms.